The molecule has 23 heavy (non-hydrogen) atoms. The Labute approximate surface area is 160 Å². The van der Waals surface area contributed by atoms with E-state index in [1.54, 1.807) is 19.2 Å². The molecule has 1 aliphatic rings. The van der Waals surface area contributed by atoms with E-state index in [2.05, 4.69) is 22.1 Å². The molecule has 2 rings (SSSR count). The number of aliphatic imine (C=N–C) groups is 1. The van der Waals surface area contributed by atoms with Gasteiger partial charge >= 0.3 is 0 Å². The van der Waals surface area contributed by atoms with Crippen LogP contribution >= 0.6 is 35.6 Å². The number of hydrogen-bond acceptors (Lipinski definition) is 3. The molecule has 1 unspecified atom stereocenters. The molecule has 1 atom stereocenters. The summed E-state index contributed by atoms with van der Waals surface area (Å²) in [5, 5.41) is 3.62. The van der Waals surface area contributed by atoms with Gasteiger partial charge in [-0.1, -0.05) is 18.5 Å². The Kier molecular flexibility index (Phi) is 9.01. The molecule has 0 saturated carbocycles. The third-order valence-corrected chi connectivity index (χ3v) is 4.29. The number of ether oxygens (including phenoxy) is 1. The van der Waals surface area contributed by atoms with E-state index < -0.39 is 0 Å². The first-order valence-electron chi connectivity index (χ1n) is 7.75. The van der Waals surface area contributed by atoms with Crippen LogP contribution in [-0.4, -0.2) is 44.1 Å². The number of methoxy groups -OCH3 is 1. The highest BCUT2D eigenvalue weighted by atomic mass is 127. The molecule has 1 heterocycles. The number of benzene rings is 1. The Morgan fingerprint density at radius 3 is 2.96 bits per heavy atom. The molecule has 3 N–H and O–H groups in total. The number of piperidine rings is 1. The van der Waals surface area contributed by atoms with E-state index >= 15 is 0 Å². The van der Waals surface area contributed by atoms with Crippen LogP contribution in [0.1, 0.15) is 19.8 Å². The number of nitrogens with two attached hydrogens (primary N) is 1. The normalized spacial score (nSPS) is 19.1. The van der Waals surface area contributed by atoms with E-state index in [-0.39, 0.29) is 24.0 Å². The zero-order valence-electron chi connectivity index (χ0n) is 13.7. The van der Waals surface area contributed by atoms with E-state index in [1.807, 2.05) is 6.07 Å². The molecule has 0 amide bonds. The summed E-state index contributed by atoms with van der Waals surface area (Å²) in [4.78, 5) is 6.94. The maximum absolute atomic E-state index is 6.09. The number of nitrogens with one attached hydrogen (secondary N) is 1. The van der Waals surface area contributed by atoms with Gasteiger partial charge in [-0.2, -0.15) is 0 Å². The van der Waals surface area contributed by atoms with Gasteiger partial charge in [-0.05, 0) is 50.0 Å². The molecular formula is C16H26ClIN4O. The second kappa shape index (κ2) is 10.2. The van der Waals surface area contributed by atoms with Crippen LogP contribution < -0.4 is 15.8 Å². The van der Waals surface area contributed by atoms with E-state index in [9.17, 15) is 0 Å². The van der Waals surface area contributed by atoms with Gasteiger partial charge in [0.2, 0.25) is 0 Å². The third-order valence-electron chi connectivity index (χ3n) is 3.99. The van der Waals surface area contributed by atoms with Crippen molar-refractivity contribution in [3.05, 3.63) is 23.2 Å². The molecule has 0 aliphatic carbocycles. The van der Waals surface area contributed by atoms with Gasteiger partial charge in [0.25, 0.3) is 0 Å². The minimum absolute atomic E-state index is 0. The maximum Gasteiger partial charge on any atom is 0.193 e. The van der Waals surface area contributed by atoms with Crippen molar-refractivity contribution in [2.24, 2.45) is 16.6 Å². The second-order valence-electron chi connectivity index (χ2n) is 5.60. The number of halogens is 2. The summed E-state index contributed by atoms with van der Waals surface area (Å²) in [7, 11) is 1.59. The second-order valence-corrected chi connectivity index (χ2v) is 6.01. The number of likely N-dealkylation sites (tertiary alicyclic amines) is 1. The number of nitrogens with zero attached hydrogens (tertiary/aromatic N) is 2. The van der Waals surface area contributed by atoms with Crippen molar-refractivity contribution in [2.45, 2.75) is 19.8 Å². The first-order valence-corrected chi connectivity index (χ1v) is 8.13. The lowest BCUT2D eigenvalue weighted by molar-refractivity contribution is 0.187. The fourth-order valence-corrected chi connectivity index (χ4v) is 3.00. The quantitative estimate of drug-likeness (QED) is 0.408. The number of guanidine groups is 1. The van der Waals surface area contributed by atoms with Crippen molar-refractivity contribution in [3.63, 3.8) is 0 Å². The van der Waals surface area contributed by atoms with E-state index in [0.717, 1.165) is 25.3 Å². The zero-order chi connectivity index (χ0) is 15.9. The summed E-state index contributed by atoms with van der Waals surface area (Å²) < 4.78 is 5.13. The first-order chi connectivity index (χ1) is 10.6. The minimum atomic E-state index is 0. The zero-order valence-corrected chi connectivity index (χ0v) is 16.8. The van der Waals surface area contributed by atoms with Crippen molar-refractivity contribution in [3.8, 4) is 5.75 Å². The topological polar surface area (TPSA) is 62.9 Å². The largest absolute Gasteiger partial charge is 0.495 e. The third kappa shape index (κ3) is 6.35. The van der Waals surface area contributed by atoms with Crippen LogP contribution in [0.15, 0.2) is 23.2 Å². The predicted molar refractivity (Wildman–Crippen MR) is 108 cm³/mol. The van der Waals surface area contributed by atoms with Crippen LogP contribution in [0.4, 0.5) is 5.69 Å². The van der Waals surface area contributed by atoms with Gasteiger partial charge in [0.1, 0.15) is 5.75 Å². The summed E-state index contributed by atoms with van der Waals surface area (Å²) in [6.07, 6.45) is 2.47. The van der Waals surface area contributed by atoms with E-state index in [1.165, 1.54) is 19.4 Å². The van der Waals surface area contributed by atoms with Crippen molar-refractivity contribution in [2.75, 3.05) is 38.6 Å². The molecule has 7 heteroatoms. The fourth-order valence-electron chi connectivity index (χ4n) is 2.75. The minimum Gasteiger partial charge on any atom is -0.495 e. The molecule has 5 nitrogen and oxygen atoms in total. The van der Waals surface area contributed by atoms with Gasteiger partial charge in [-0.3, -0.25) is 4.99 Å². The van der Waals surface area contributed by atoms with Gasteiger partial charge in [0.05, 0.1) is 12.1 Å². The SMILES string of the molecule is CCN1CCCC(CN=C(N)Nc2ccc(OC)c(Cl)c2)C1.I. The monoisotopic (exact) mass is 452 g/mol. The molecule has 130 valence electrons. The van der Waals surface area contributed by atoms with E-state index in [4.69, 9.17) is 22.1 Å². The number of rotatable bonds is 5. The Hall–Kier alpha value is -0.730. The van der Waals surface area contributed by atoms with Crippen LogP contribution in [0.2, 0.25) is 5.02 Å². The average Bonchev–Trinajstić information content (AvgIpc) is 2.53. The van der Waals surface area contributed by atoms with Crippen LogP contribution in [0, 0.1) is 5.92 Å². The van der Waals surface area contributed by atoms with Crippen LogP contribution in [0.25, 0.3) is 0 Å². The van der Waals surface area contributed by atoms with Gasteiger partial charge in [-0.25, -0.2) is 0 Å². The Balaban J connectivity index is 0.00000264. The lowest BCUT2D eigenvalue weighted by Gasteiger charge is -2.30. The molecule has 0 spiro atoms. The fraction of sp³-hybridized carbons (Fsp3) is 0.562. The molecule has 0 radical (unpaired) electrons. The summed E-state index contributed by atoms with van der Waals surface area (Å²) in [6.45, 7) is 6.39. The highest BCUT2D eigenvalue weighted by Crippen LogP contribution is 2.27. The van der Waals surface area contributed by atoms with Gasteiger partial charge < -0.3 is 20.7 Å². The molecule has 0 aromatic heterocycles. The van der Waals surface area contributed by atoms with Crippen LogP contribution in [0.3, 0.4) is 0 Å². The highest BCUT2D eigenvalue weighted by molar-refractivity contribution is 14.0. The van der Waals surface area contributed by atoms with Gasteiger partial charge in [0, 0.05) is 18.8 Å². The lowest BCUT2D eigenvalue weighted by atomic mass is 9.98. The Bertz CT molecular complexity index is 527. The molecule has 1 aliphatic heterocycles. The summed E-state index contributed by atoms with van der Waals surface area (Å²) in [5.74, 6) is 1.66. The molecule has 1 aromatic rings. The maximum atomic E-state index is 6.09. The molecule has 0 bridgehead atoms. The molecule has 1 saturated heterocycles. The highest BCUT2D eigenvalue weighted by Gasteiger charge is 2.18. The smallest absolute Gasteiger partial charge is 0.193 e. The van der Waals surface area contributed by atoms with Crippen molar-refractivity contribution in [1.82, 2.24) is 4.90 Å². The van der Waals surface area contributed by atoms with Gasteiger partial charge in [0.15, 0.2) is 5.96 Å². The summed E-state index contributed by atoms with van der Waals surface area (Å²) >= 11 is 6.09. The summed E-state index contributed by atoms with van der Waals surface area (Å²) in [5.41, 5.74) is 6.77. The summed E-state index contributed by atoms with van der Waals surface area (Å²) in [6, 6.07) is 5.45. The van der Waals surface area contributed by atoms with Crippen molar-refractivity contribution in [1.29, 1.82) is 0 Å². The Morgan fingerprint density at radius 1 is 1.52 bits per heavy atom. The molecular weight excluding hydrogens is 427 g/mol. The van der Waals surface area contributed by atoms with E-state index in [0.29, 0.717) is 22.6 Å². The predicted octanol–water partition coefficient (Wildman–Crippen LogP) is 3.43. The van der Waals surface area contributed by atoms with Crippen molar-refractivity contribution < 1.29 is 4.74 Å². The number of hydrogen-bond donors (Lipinski definition) is 2. The van der Waals surface area contributed by atoms with Gasteiger partial charge in [-0.15, -0.1) is 24.0 Å². The van der Waals surface area contributed by atoms with Crippen molar-refractivity contribution >= 4 is 47.2 Å². The van der Waals surface area contributed by atoms with Crippen LogP contribution in [0.5, 0.6) is 5.75 Å². The molecule has 1 fully saturated rings. The first kappa shape index (κ1) is 20.3. The average molecular weight is 453 g/mol. The standard InChI is InChI=1S/C16H25ClN4O.HI/c1-3-21-8-4-5-12(11-21)10-19-16(18)20-13-6-7-15(22-2)14(17)9-13;/h6-7,9,12H,3-5,8,10-11H2,1-2H3,(H3,18,19,20);1H. The lowest BCUT2D eigenvalue weighted by Crippen LogP contribution is -2.36. The molecule has 1 aromatic carbocycles. The van der Waals surface area contributed by atoms with Crippen LogP contribution in [-0.2, 0) is 0 Å². The Morgan fingerprint density at radius 2 is 2.30 bits per heavy atom. The number of anilines is 1.